The van der Waals surface area contributed by atoms with Crippen molar-refractivity contribution < 1.29 is 14.3 Å². The van der Waals surface area contributed by atoms with Crippen molar-refractivity contribution in [1.82, 2.24) is 10.2 Å². The van der Waals surface area contributed by atoms with Crippen LogP contribution in [0, 0.1) is 0 Å². The highest BCUT2D eigenvalue weighted by molar-refractivity contribution is 6.30. The first-order chi connectivity index (χ1) is 14.1. The molecule has 0 spiro atoms. The van der Waals surface area contributed by atoms with Gasteiger partial charge < -0.3 is 14.8 Å². The van der Waals surface area contributed by atoms with Crippen molar-refractivity contribution in [1.29, 1.82) is 0 Å². The predicted octanol–water partition coefficient (Wildman–Crippen LogP) is 4.03. The smallest absolute Gasteiger partial charge is 0.220 e. The second-order valence-electron chi connectivity index (χ2n) is 7.37. The van der Waals surface area contributed by atoms with Gasteiger partial charge in [-0.1, -0.05) is 48.9 Å². The van der Waals surface area contributed by atoms with Crippen molar-refractivity contribution in [2.75, 3.05) is 40.0 Å². The van der Waals surface area contributed by atoms with Crippen molar-refractivity contribution in [2.45, 2.75) is 25.3 Å². The lowest BCUT2D eigenvalue weighted by Gasteiger charge is -2.35. The summed E-state index contributed by atoms with van der Waals surface area (Å²) in [4.78, 5) is 15.0. The first kappa shape index (κ1) is 21.6. The molecule has 1 fully saturated rings. The fourth-order valence-corrected chi connectivity index (χ4v) is 3.90. The van der Waals surface area contributed by atoms with Gasteiger partial charge in [-0.05, 0) is 35.2 Å². The second kappa shape index (κ2) is 10.6. The molecule has 1 saturated heterocycles. The van der Waals surface area contributed by atoms with E-state index in [9.17, 15) is 4.79 Å². The van der Waals surface area contributed by atoms with Crippen molar-refractivity contribution in [3.63, 3.8) is 0 Å². The van der Waals surface area contributed by atoms with Gasteiger partial charge in [0, 0.05) is 31.1 Å². The molecule has 3 rings (SSSR count). The molecule has 1 amide bonds. The number of ether oxygens (including phenoxy) is 2. The molecule has 29 heavy (non-hydrogen) atoms. The summed E-state index contributed by atoms with van der Waals surface area (Å²) in [6.45, 7) is 5.72. The van der Waals surface area contributed by atoms with Crippen LogP contribution in [0.4, 0.5) is 0 Å². The van der Waals surface area contributed by atoms with Crippen molar-refractivity contribution in [2.24, 2.45) is 0 Å². The number of carbonyl (C=O) groups is 1. The number of rotatable bonds is 8. The molecular formula is C23H29ClN2O3. The van der Waals surface area contributed by atoms with E-state index >= 15 is 0 Å². The lowest BCUT2D eigenvalue weighted by atomic mass is 9.96. The van der Waals surface area contributed by atoms with E-state index in [-0.39, 0.29) is 17.9 Å². The molecule has 2 atom stereocenters. The van der Waals surface area contributed by atoms with Gasteiger partial charge in [0.15, 0.2) is 0 Å². The fourth-order valence-electron chi connectivity index (χ4n) is 3.78. The number of methoxy groups -OCH3 is 1. The number of morpholine rings is 1. The monoisotopic (exact) mass is 416 g/mol. The van der Waals surface area contributed by atoms with Crippen molar-refractivity contribution in [3.05, 3.63) is 64.7 Å². The summed E-state index contributed by atoms with van der Waals surface area (Å²) in [6.07, 6.45) is 0.414. The molecule has 1 N–H and O–H groups in total. The first-order valence-corrected chi connectivity index (χ1v) is 10.4. The van der Waals surface area contributed by atoms with Gasteiger partial charge in [0.25, 0.3) is 0 Å². The Balaban J connectivity index is 1.63. The Labute approximate surface area is 177 Å². The minimum Gasteiger partial charge on any atom is -0.496 e. The number of hydrogen-bond donors (Lipinski definition) is 1. The molecule has 2 aromatic rings. The third-order valence-corrected chi connectivity index (χ3v) is 5.65. The summed E-state index contributed by atoms with van der Waals surface area (Å²) in [5, 5.41) is 3.85. The number of hydrogen-bond acceptors (Lipinski definition) is 4. The van der Waals surface area contributed by atoms with Crippen LogP contribution >= 0.6 is 11.6 Å². The zero-order valence-electron chi connectivity index (χ0n) is 17.1. The Hall–Kier alpha value is -2.08. The highest BCUT2D eigenvalue weighted by Crippen LogP contribution is 2.28. The molecule has 1 heterocycles. The standard InChI is InChI=1S/C23H29ClN2O3/c1-17(20-5-3-4-6-22(20)28-2)15-23(27)25-16-21(26-11-13-29-14-12-26)18-7-9-19(24)10-8-18/h3-10,17,21H,11-16H2,1-2H3,(H,25,27). The number of halogens is 1. The normalized spacial score (nSPS) is 16.8. The van der Waals surface area contributed by atoms with E-state index in [4.69, 9.17) is 21.1 Å². The zero-order chi connectivity index (χ0) is 20.6. The van der Waals surface area contributed by atoms with E-state index in [0.717, 1.165) is 30.0 Å². The third kappa shape index (κ3) is 5.95. The van der Waals surface area contributed by atoms with E-state index in [2.05, 4.69) is 17.1 Å². The van der Waals surface area contributed by atoms with Crippen LogP contribution in [0.15, 0.2) is 48.5 Å². The highest BCUT2D eigenvalue weighted by Gasteiger charge is 2.24. The molecular weight excluding hydrogens is 388 g/mol. The van der Waals surface area contributed by atoms with E-state index in [0.29, 0.717) is 31.2 Å². The molecule has 1 aliphatic heterocycles. The summed E-state index contributed by atoms with van der Waals surface area (Å²) in [5.41, 5.74) is 2.20. The van der Waals surface area contributed by atoms with Crippen LogP contribution in [-0.2, 0) is 9.53 Å². The quantitative estimate of drug-likeness (QED) is 0.705. The van der Waals surface area contributed by atoms with E-state index in [1.54, 1.807) is 7.11 Å². The molecule has 5 nitrogen and oxygen atoms in total. The van der Waals surface area contributed by atoms with Crippen LogP contribution in [0.2, 0.25) is 5.02 Å². The van der Waals surface area contributed by atoms with E-state index < -0.39 is 0 Å². The number of nitrogens with one attached hydrogen (secondary N) is 1. The van der Waals surface area contributed by atoms with Crippen LogP contribution in [-0.4, -0.2) is 50.8 Å². The number of nitrogens with zero attached hydrogens (tertiary/aromatic N) is 1. The summed E-state index contributed by atoms with van der Waals surface area (Å²) in [5.74, 6) is 0.930. The molecule has 2 aromatic carbocycles. The Morgan fingerprint density at radius 3 is 2.55 bits per heavy atom. The fraction of sp³-hybridized carbons (Fsp3) is 0.435. The first-order valence-electron chi connectivity index (χ1n) is 10.1. The Kier molecular flexibility index (Phi) is 7.92. The maximum Gasteiger partial charge on any atom is 0.220 e. The maximum atomic E-state index is 12.7. The number of benzene rings is 2. The Bertz CT molecular complexity index is 791. The van der Waals surface area contributed by atoms with Gasteiger partial charge >= 0.3 is 0 Å². The molecule has 0 saturated carbocycles. The highest BCUT2D eigenvalue weighted by atomic mass is 35.5. The minimum atomic E-state index is 0.0376. The lowest BCUT2D eigenvalue weighted by molar-refractivity contribution is -0.121. The number of para-hydroxylation sites is 1. The average Bonchev–Trinajstić information content (AvgIpc) is 2.75. The van der Waals surface area contributed by atoms with Gasteiger partial charge in [0.05, 0.1) is 26.4 Å². The predicted molar refractivity (Wildman–Crippen MR) is 116 cm³/mol. The molecule has 156 valence electrons. The molecule has 0 aliphatic carbocycles. The second-order valence-corrected chi connectivity index (χ2v) is 7.80. The summed E-state index contributed by atoms with van der Waals surface area (Å²) in [7, 11) is 1.66. The average molecular weight is 417 g/mol. The Morgan fingerprint density at radius 2 is 1.86 bits per heavy atom. The van der Waals surface area contributed by atoms with E-state index in [1.165, 1.54) is 0 Å². The molecule has 2 unspecified atom stereocenters. The number of amides is 1. The van der Waals surface area contributed by atoms with Crippen LogP contribution in [0.1, 0.15) is 36.4 Å². The summed E-state index contributed by atoms with van der Waals surface area (Å²) >= 11 is 6.06. The molecule has 0 bridgehead atoms. The van der Waals surface area contributed by atoms with Crippen LogP contribution in [0.25, 0.3) is 0 Å². The third-order valence-electron chi connectivity index (χ3n) is 5.40. The lowest BCUT2D eigenvalue weighted by Crippen LogP contribution is -2.43. The molecule has 0 radical (unpaired) electrons. The largest absolute Gasteiger partial charge is 0.496 e. The van der Waals surface area contributed by atoms with E-state index in [1.807, 2.05) is 48.5 Å². The van der Waals surface area contributed by atoms with Gasteiger partial charge in [-0.2, -0.15) is 0 Å². The van der Waals surface area contributed by atoms with Crippen molar-refractivity contribution >= 4 is 17.5 Å². The van der Waals surface area contributed by atoms with Gasteiger partial charge in [0.2, 0.25) is 5.91 Å². The summed E-state index contributed by atoms with van der Waals surface area (Å²) in [6, 6.07) is 15.8. The molecule has 0 aromatic heterocycles. The van der Waals surface area contributed by atoms with Crippen LogP contribution in [0.5, 0.6) is 5.75 Å². The van der Waals surface area contributed by atoms with Gasteiger partial charge in [-0.15, -0.1) is 0 Å². The van der Waals surface area contributed by atoms with Gasteiger partial charge in [-0.25, -0.2) is 0 Å². The van der Waals surface area contributed by atoms with Crippen molar-refractivity contribution in [3.8, 4) is 5.75 Å². The number of carbonyl (C=O) groups excluding carboxylic acids is 1. The Morgan fingerprint density at radius 1 is 1.17 bits per heavy atom. The molecule has 6 heteroatoms. The van der Waals surface area contributed by atoms with Gasteiger partial charge in [0.1, 0.15) is 5.75 Å². The topological polar surface area (TPSA) is 50.8 Å². The molecule has 1 aliphatic rings. The van der Waals surface area contributed by atoms with Crippen LogP contribution < -0.4 is 10.1 Å². The van der Waals surface area contributed by atoms with Crippen LogP contribution in [0.3, 0.4) is 0 Å². The SMILES string of the molecule is COc1ccccc1C(C)CC(=O)NCC(c1ccc(Cl)cc1)N1CCOCC1. The summed E-state index contributed by atoms with van der Waals surface area (Å²) < 4.78 is 10.9. The zero-order valence-corrected chi connectivity index (χ0v) is 17.8. The van der Waals surface area contributed by atoms with Gasteiger partial charge in [-0.3, -0.25) is 9.69 Å². The minimum absolute atomic E-state index is 0.0376. The maximum absolute atomic E-state index is 12.7.